The second-order valence-electron chi connectivity index (χ2n) is 18.3. The minimum atomic E-state index is -1.58. The first-order chi connectivity index (χ1) is 32.8. The van der Waals surface area contributed by atoms with E-state index >= 15 is 0 Å². The lowest BCUT2D eigenvalue weighted by atomic mass is 9.99. The summed E-state index contributed by atoms with van der Waals surface area (Å²) >= 11 is 0. The minimum absolute atomic E-state index is 0.205. The average molecular weight is 938 g/mol. The predicted octanol–water partition coefficient (Wildman–Crippen LogP) is 12.8. The van der Waals surface area contributed by atoms with Crippen molar-refractivity contribution in [2.24, 2.45) is 0 Å². The van der Waals surface area contributed by atoms with Gasteiger partial charge in [-0.25, -0.2) is 0 Å². The van der Waals surface area contributed by atoms with E-state index in [0.717, 1.165) is 103 Å². The van der Waals surface area contributed by atoms with Gasteiger partial charge in [-0.15, -0.1) is 0 Å². The van der Waals surface area contributed by atoms with Gasteiger partial charge >= 0.3 is 0 Å². The number of rotatable bonds is 44. The molecule has 7 unspecified atom stereocenters. The summed E-state index contributed by atoms with van der Waals surface area (Å²) in [6.45, 7) is 3.63. The van der Waals surface area contributed by atoms with E-state index in [4.69, 9.17) is 9.47 Å². The molecule has 0 radical (unpaired) electrons. The molecule has 1 rings (SSSR count). The zero-order valence-corrected chi connectivity index (χ0v) is 42.4. The van der Waals surface area contributed by atoms with Gasteiger partial charge in [0.2, 0.25) is 5.91 Å². The van der Waals surface area contributed by atoms with E-state index in [1.165, 1.54) is 83.5 Å². The maximum Gasteiger partial charge on any atom is 0.220 e. The van der Waals surface area contributed by atoms with Gasteiger partial charge in [0, 0.05) is 6.42 Å². The van der Waals surface area contributed by atoms with Crippen LogP contribution in [0.3, 0.4) is 0 Å². The van der Waals surface area contributed by atoms with E-state index in [9.17, 15) is 30.3 Å². The summed E-state index contributed by atoms with van der Waals surface area (Å²) in [7, 11) is 0. The highest BCUT2D eigenvalue weighted by Gasteiger charge is 2.44. The van der Waals surface area contributed by atoms with Gasteiger partial charge in [-0.2, -0.15) is 0 Å². The van der Waals surface area contributed by atoms with Crippen LogP contribution in [0.25, 0.3) is 0 Å². The van der Waals surface area contributed by atoms with Gasteiger partial charge in [0.05, 0.1) is 25.4 Å². The average Bonchev–Trinajstić information content (AvgIpc) is 3.33. The standard InChI is InChI=1S/C58H99NO8/c1-3-5-7-9-11-13-15-17-19-21-23-24-25-26-27-28-30-32-34-36-38-40-42-44-46-48-54(62)59-51(50-66-58-57(65)56(64)55(63)53(49-60)67-58)52(61)47-45-43-41-39-37-35-33-31-29-22-20-18-16-14-12-10-8-6-4-2/h5,7,11,13,17,19,23-24,26-27,30,32,37,39,45,47,51-53,55-58,60-61,63-65H,3-4,6,8-10,12,14-16,18,20-22,25,28-29,31,33-36,38,40-44,46,48-50H2,1-2H3,(H,59,62)/b7-5-,13-11-,19-17-,24-23-,27-26-,32-30-,39-37+,47-45+. The Bertz CT molecular complexity index is 1370. The van der Waals surface area contributed by atoms with Crippen LogP contribution >= 0.6 is 0 Å². The first-order valence-corrected chi connectivity index (χ1v) is 27.0. The monoisotopic (exact) mass is 938 g/mol. The van der Waals surface area contributed by atoms with Crippen LogP contribution in [0.1, 0.15) is 206 Å². The van der Waals surface area contributed by atoms with Crippen molar-refractivity contribution >= 4 is 5.91 Å². The maximum absolute atomic E-state index is 13.0. The van der Waals surface area contributed by atoms with E-state index in [0.29, 0.717) is 6.42 Å². The first kappa shape index (κ1) is 62.1. The Morgan fingerprint density at radius 1 is 0.522 bits per heavy atom. The van der Waals surface area contributed by atoms with Crippen molar-refractivity contribution in [1.29, 1.82) is 0 Å². The number of ether oxygens (including phenoxy) is 2. The molecule has 1 aliphatic heterocycles. The number of aliphatic hydroxyl groups excluding tert-OH is 5. The van der Waals surface area contributed by atoms with E-state index in [1.807, 2.05) is 6.08 Å². The lowest BCUT2D eigenvalue weighted by molar-refractivity contribution is -0.302. The number of allylic oxidation sites excluding steroid dienone is 15. The molecule has 7 atom stereocenters. The minimum Gasteiger partial charge on any atom is -0.394 e. The topological polar surface area (TPSA) is 149 Å². The fraction of sp³-hybridized carbons (Fsp3) is 0.707. The van der Waals surface area contributed by atoms with Crippen LogP contribution in [0.5, 0.6) is 0 Å². The molecule has 0 aromatic rings. The van der Waals surface area contributed by atoms with Crippen LogP contribution in [0.2, 0.25) is 0 Å². The Kier molecular flexibility index (Phi) is 43.4. The highest BCUT2D eigenvalue weighted by Crippen LogP contribution is 2.22. The third kappa shape index (κ3) is 36.7. The van der Waals surface area contributed by atoms with Crippen LogP contribution in [-0.2, 0) is 14.3 Å². The SMILES string of the molecule is CC/C=C\C/C=C\C/C=C\C/C=C\C/C=C\C/C=C\CCCCCCCCC(=O)NC(COC1OC(CO)C(O)C(O)C1O)C(O)/C=C/CC/C=C/CCCCCCCCCCCCCCC. The molecule has 6 N–H and O–H groups in total. The van der Waals surface area contributed by atoms with Crippen LogP contribution in [0, 0.1) is 0 Å². The summed E-state index contributed by atoms with van der Waals surface area (Å²) < 4.78 is 11.2. The van der Waals surface area contributed by atoms with Crippen LogP contribution in [0.15, 0.2) is 97.2 Å². The molecule has 9 nitrogen and oxygen atoms in total. The van der Waals surface area contributed by atoms with Crippen LogP contribution in [-0.4, -0.2) is 87.5 Å². The normalized spacial score (nSPS) is 20.5. The summed E-state index contributed by atoms with van der Waals surface area (Å²) in [5.41, 5.74) is 0. The third-order valence-electron chi connectivity index (χ3n) is 12.1. The number of nitrogens with one attached hydrogen (secondary N) is 1. The smallest absolute Gasteiger partial charge is 0.220 e. The molecule has 0 saturated carbocycles. The zero-order valence-electron chi connectivity index (χ0n) is 42.4. The van der Waals surface area contributed by atoms with E-state index in [1.54, 1.807) is 6.08 Å². The van der Waals surface area contributed by atoms with Gasteiger partial charge in [-0.1, -0.05) is 214 Å². The maximum atomic E-state index is 13.0. The van der Waals surface area contributed by atoms with Crippen LogP contribution < -0.4 is 5.32 Å². The number of carbonyl (C=O) groups excluding carboxylic acids is 1. The van der Waals surface area contributed by atoms with Crippen LogP contribution in [0.4, 0.5) is 0 Å². The molecule has 1 amide bonds. The number of amides is 1. The van der Waals surface area contributed by atoms with Gasteiger partial charge in [0.1, 0.15) is 24.4 Å². The van der Waals surface area contributed by atoms with Crippen molar-refractivity contribution < 1.29 is 39.8 Å². The highest BCUT2D eigenvalue weighted by atomic mass is 16.7. The van der Waals surface area contributed by atoms with Crippen molar-refractivity contribution in [3.8, 4) is 0 Å². The summed E-state index contributed by atoms with van der Waals surface area (Å²) in [4.78, 5) is 13.0. The molecule has 1 aliphatic rings. The Morgan fingerprint density at radius 3 is 1.43 bits per heavy atom. The fourth-order valence-corrected chi connectivity index (χ4v) is 7.88. The number of carbonyl (C=O) groups is 1. The Balaban J connectivity index is 2.32. The highest BCUT2D eigenvalue weighted by molar-refractivity contribution is 5.76. The molecular formula is C58H99NO8. The molecule has 0 aliphatic carbocycles. The largest absolute Gasteiger partial charge is 0.394 e. The second kappa shape index (κ2) is 46.8. The predicted molar refractivity (Wildman–Crippen MR) is 281 cm³/mol. The molecule has 1 fully saturated rings. The van der Waals surface area contributed by atoms with E-state index in [-0.39, 0.29) is 12.5 Å². The molecular weight excluding hydrogens is 839 g/mol. The Morgan fingerprint density at radius 2 is 0.940 bits per heavy atom. The molecule has 1 heterocycles. The number of hydrogen-bond acceptors (Lipinski definition) is 8. The lowest BCUT2D eigenvalue weighted by Gasteiger charge is -2.40. The fourth-order valence-electron chi connectivity index (χ4n) is 7.88. The molecule has 9 heteroatoms. The lowest BCUT2D eigenvalue weighted by Crippen LogP contribution is -2.60. The molecule has 0 bridgehead atoms. The number of aliphatic hydroxyl groups is 5. The van der Waals surface area contributed by atoms with E-state index in [2.05, 4.69) is 104 Å². The molecule has 0 aromatic heterocycles. The molecule has 67 heavy (non-hydrogen) atoms. The van der Waals surface area contributed by atoms with Gasteiger partial charge in [-0.05, 0) is 83.5 Å². The number of hydrogen-bond donors (Lipinski definition) is 6. The van der Waals surface area contributed by atoms with Crippen molar-refractivity contribution in [2.45, 2.75) is 249 Å². The first-order valence-electron chi connectivity index (χ1n) is 27.0. The van der Waals surface area contributed by atoms with E-state index < -0.39 is 49.5 Å². The van der Waals surface area contributed by atoms with Crippen molar-refractivity contribution in [1.82, 2.24) is 5.32 Å². The Labute approximate surface area is 409 Å². The zero-order chi connectivity index (χ0) is 48.7. The second-order valence-corrected chi connectivity index (χ2v) is 18.3. The summed E-state index contributed by atoms with van der Waals surface area (Å²) in [5, 5.41) is 54.4. The van der Waals surface area contributed by atoms with Gasteiger partial charge < -0.3 is 40.3 Å². The molecule has 0 spiro atoms. The summed E-state index contributed by atoms with van der Waals surface area (Å²) in [6.07, 6.45) is 60.3. The quantitative estimate of drug-likeness (QED) is 0.0261. The summed E-state index contributed by atoms with van der Waals surface area (Å²) in [6, 6.07) is -0.837. The molecule has 0 aromatic carbocycles. The van der Waals surface area contributed by atoms with Gasteiger partial charge in [-0.3, -0.25) is 4.79 Å². The molecule has 1 saturated heterocycles. The van der Waals surface area contributed by atoms with Crippen molar-refractivity contribution in [3.05, 3.63) is 97.2 Å². The number of unbranched alkanes of at least 4 members (excludes halogenated alkanes) is 20. The molecule has 384 valence electrons. The summed E-state index contributed by atoms with van der Waals surface area (Å²) in [5.74, 6) is -0.205. The Hall–Kier alpha value is -2.89. The van der Waals surface area contributed by atoms with Crippen molar-refractivity contribution in [3.63, 3.8) is 0 Å². The van der Waals surface area contributed by atoms with Gasteiger partial charge in [0.25, 0.3) is 0 Å². The van der Waals surface area contributed by atoms with Crippen molar-refractivity contribution in [2.75, 3.05) is 13.2 Å². The van der Waals surface area contributed by atoms with Gasteiger partial charge in [0.15, 0.2) is 6.29 Å². The third-order valence-corrected chi connectivity index (χ3v) is 12.1.